The van der Waals surface area contributed by atoms with Crippen LogP contribution < -0.4 is 5.32 Å². The van der Waals surface area contributed by atoms with Crippen LogP contribution in [0.1, 0.15) is 30.7 Å². The van der Waals surface area contributed by atoms with Crippen molar-refractivity contribution in [1.29, 1.82) is 0 Å². The fraction of sp³-hybridized carbons (Fsp3) is 0.583. The smallest absolute Gasteiger partial charge is 0.226 e. The first kappa shape index (κ1) is 23.2. The fourth-order valence-electron chi connectivity index (χ4n) is 4.40. The van der Waals surface area contributed by atoms with Crippen molar-refractivity contribution in [2.75, 3.05) is 52.5 Å². The molecule has 2 fully saturated rings. The number of carbonyl (C=O) groups excluding carboxylic acids is 1. The standard InChI is InChI=1S/C24H33ClN4O3/c1-18-22(27-24(32-18)19-5-7-21(25)8-6-19)17-29-10-2-4-20(16-29)23(30)26-9-3-11-28-12-14-31-15-13-28/h5-8,20H,2-4,9-17H2,1H3,(H,26,30)/t20-/m0/s1. The van der Waals surface area contributed by atoms with Crippen LogP contribution in [0.15, 0.2) is 28.7 Å². The maximum Gasteiger partial charge on any atom is 0.226 e. The van der Waals surface area contributed by atoms with E-state index in [1.807, 2.05) is 31.2 Å². The Kier molecular flexibility index (Phi) is 8.19. The number of rotatable bonds is 8. The molecular weight excluding hydrogens is 428 g/mol. The predicted octanol–water partition coefficient (Wildman–Crippen LogP) is 3.35. The Hall–Kier alpha value is -1.93. The molecule has 2 aromatic rings. The van der Waals surface area contributed by atoms with Gasteiger partial charge in [0, 0.05) is 43.3 Å². The highest BCUT2D eigenvalue weighted by atomic mass is 35.5. The molecule has 8 heteroatoms. The normalized spacial score (nSPS) is 20.4. The maximum atomic E-state index is 12.7. The average molecular weight is 461 g/mol. The number of amides is 1. The number of oxazole rings is 1. The molecule has 0 saturated carbocycles. The zero-order valence-corrected chi connectivity index (χ0v) is 19.6. The predicted molar refractivity (Wildman–Crippen MR) is 125 cm³/mol. The second-order valence-corrected chi connectivity index (χ2v) is 9.14. The number of nitrogens with zero attached hydrogens (tertiary/aromatic N) is 3. The van der Waals surface area contributed by atoms with Gasteiger partial charge < -0.3 is 14.5 Å². The van der Waals surface area contributed by atoms with Crippen LogP contribution in [0.5, 0.6) is 0 Å². The third kappa shape index (κ3) is 6.32. The van der Waals surface area contributed by atoms with Gasteiger partial charge in [-0.05, 0) is 63.5 Å². The molecule has 0 unspecified atom stereocenters. The highest BCUT2D eigenvalue weighted by molar-refractivity contribution is 6.30. The lowest BCUT2D eigenvalue weighted by Crippen LogP contribution is -2.43. The van der Waals surface area contributed by atoms with Crippen LogP contribution in [0.3, 0.4) is 0 Å². The number of nitrogens with one attached hydrogen (secondary N) is 1. The van der Waals surface area contributed by atoms with Gasteiger partial charge in [-0.1, -0.05) is 11.6 Å². The largest absolute Gasteiger partial charge is 0.441 e. The Labute approximate surface area is 195 Å². The van der Waals surface area contributed by atoms with Gasteiger partial charge in [0.2, 0.25) is 11.8 Å². The zero-order valence-electron chi connectivity index (χ0n) is 18.8. The number of piperidine rings is 1. The van der Waals surface area contributed by atoms with Gasteiger partial charge >= 0.3 is 0 Å². The van der Waals surface area contributed by atoms with E-state index in [4.69, 9.17) is 25.7 Å². The summed E-state index contributed by atoms with van der Waals surface area (Å²) in [6.07, 6.45) is 2.94. The summed E-state index contributed by atoms with van der Waals surface area (Å²) in [6.45, 7) is 9.75. The second-order valence-electron chi connectivity index (χ2n) is 8.70. The highest BCUT2D eigenvalue weighted by Gasteiger charge is 2.27. The Bertz CT molecular complexity index is 880. The monoisotopic (exact) mass is 460 g/mol. The van der Waals surface area contributed by atoms with E-state index in [0.29, 0.717) is 17.5 Å². The lowest BCUT2D eigenvalue weighted by atomic mass is 9.97. The van der Waals surface area contributed by atoms with Gasteiger partial charge in [-0.3, -0.25) is 14.6 Å². The van der Waals surface area contributed by atoms with Crippen molar-refractivity contribution in [3.63, 3.8) is 0 Å². The third-order valence-electron chi connectivity index (χ3n) is 6.29. The van der Waals surface area contributed by atoms with Crippen molar-refractivity contribution < 1.29 is 13.9 Å². The van der Waals surface area contributed by atoms with E-state index >= 15 is 0 Å². The summed E-state index contributed by atoms with van der Waals surface area (Å²) in [5.74, 6) is 1.65. The van der Waals surface area contributed by atoms with E-state index in [9.17, 15) is 4.79 Å². The number of carbonyl (C=O) groups is 1. The molecule has 3 heterocycles. The van der Waals surface area contributed by atoms with Crippen molar-refractivity contribution in [2.24, 2.45) is 5.92 Å². The molecule has 1 atom stereocenters. The first-order chi connectivity index (χ1) is 15.6. The Morgan fingerprint density at radius 1 is 1.19 bits per heavy atom. The van der Waals surface area contributed by atoms with Crippen molar-refractivity contribution in [3.05, 3.63) is 40.7 Å². The van der Waals surface area contributed by atoms with Crippen LogP contribution in [0.25, 0.3) is 11.5 Å². The minimum Gasteiger partial charge on any atom is -0.441 e. The van der Waals surface area contributed by atoms with Gasteiger partial charge in [-0.15, -0.1) is 0 Å². The van der Waals surface area contributed by atoms with Gasteiger partial charge in [-0.2, -0.15) is 0 Å². The summed E-state index contributed by atoms with van der Waals surface area (Å²) in [5.41, 5.74) is 1.85. The van der Waals surface area contributed by atoms with E-state index in [-0.39, 0.29) is 11.8 Å². The van der Waals surface area contributed by atoms with E-state index in [1.54, 1.807) is 0 Å². The fourth-order valence-corrected chi connectivity index (χ4v) is 4.52. The highest BCUT2D eigenvalue weighted by Crippen LogP contribution is 2.25. The molecule has 4 rings (SSSR count). The lowest BCUT2D eigenvalue weighted by molar-refractivity contribution is -0.126. The molecule has 2 saturated heterocycles. The molecule has 0 aliphatic carbocycles. The van der Waals surface area contributed by atoms with Crippen LogP contribution in [0.2, 0.25) is 5.02 Å². The Morgan fingerprint density at radius 2 is 1.97 bits per heavy atom. The summed E-state index contributed by atoms with van der Waals surface area (Å²) in [5, 5.41) is 3.84. The van der Waals surface area contributed by atoms with Crippen LogP contribution in [0, 0.1) is 12.8 Å². The Morgan fingerprint density at radius 3 is 2.75 bits per heavy atom. The molecule has 1 N–H and O–H groups in total. The van der Waals surface area contributed by atoms with E-state index in [1.165, 1.54) is 0 Å². The topological polar surface area (TPSA) is 70.8 Å². The van der Waals surface area contributed by atoms with Crippen LogP contribution >= 0.6 is 11.6 Å². The minimum absolute atomic E-state index is 0.0371. The van der Waals surface area contributed by atoms with Gasteiger partial charge in [0.1, 0.15) is 5.76 Å². The number of halogens is 1. The number of hydrogen-bond donors (Lipinski definition) is 1. The summed E-state index contributed by atoms with van der Waals surface area (Å²) >= 11 is 5.98. The first-order valence-corrected chi connectivity index (χ1v) is 12.0. The summed E-state index contributed by atoms with van der Waals surface area (Å²) < 4.78 is 11.3. The molecule has 174 valence electrons. The first-order valence-electron chi connectivity index (χ1n) is 11.6. The Balaban J connectivity index is 1.24. The van der Waals surface area contributed by atoms with E-state index in [2.05, 4.69) is 15.1 Å². The molecule has 2 aliphatic heterocycles. The second kappa shape index (κ2) is 11.3. The van der Waals surface area contributed by atoms with E-state index < -0.39 is 0 Å². The van der Waals surface area contributed by atoms with Crippen molar-refractivity contribution in [1.82, 2.24) is 20.1 Å². The molecule has 0 spiro atoms. The van der Waals surface area contributed by atoms with Crippen LogP contribution in [-0.2, 0) is 16.1 Å². The third-order valence-corrected chi connectivity index (χ3v) is 6.54. The molecule has 0 radical (unpaired) electrons. The van der Waals surface area contributed by atoms with Crippen molar-refractivity contribution in [2.45, 2.75) is 32.7 Å². The number of aromatic nitrogens is 1. The molecule has 2 aliphatic rings. The molecule has 0 bridgehead atoms. The number of likely N-dealkylation sites (tertiary alicyclic amines) is 1. The van der Waals surface area contributed by atoms with Gasteiger partial charge in [0.25, 0.3) is 0 Å². The van der Waals surface area contributed by atoms with Crippen molar-refractivity contribution in [3.8, 4) is 11.5 Å². The van der Waals surface area contributed by atoms with Gasteiger partial charge in [0.15, 0.2) is 0 Å². The lowest BCUT2D eigenvalue weighted by Gasteiger charge is -2.31. The molecule has 7 nitrogen and oxygen atoms in total. The van der Waals surface area contributed by atoms with E-state index in [0.717, 1.165) is 88.8 Å². The summed E-state index contributed by atoms with van der Waals surface area (Å²) in [7, 11) is 0. The zero-order chi connectivity index (χ0) is 22.3. The van der Waals surface area contributed by atoms with Crippen LogP contribution in [-0.4, -0.2) is 73.2 Å². The number of benzene rings is 1. The number of morpholine rings is 1. The van der Waals surface area contributed by atoms with Crippen molar-refractivity contribution >= 4 is 17.5 Å². The summed E-state index contributed by atoms with van der Waals surface area (Å²) in [4.78, 5) is 22.1. The molecule has 1 aromatic carbocycles. The molecule has 1 amide bonds. The quantitative estimate of drug-likeness (QED) is 0.609. The van der Waals surface area contributed by atoms with Crippen LogP contribution in [0.4, 0.5) is 0 Å². The number of hydrogen-bond acceptors (Lipinski definition) is 6. The minimum atomic E-state index is 0.0371. The molecule has 1 aromatic heterocycles. The molecular formula is C24H33ClN4O3. The average Bonchev–Trinajstić information content (AvgIpc) is 3.18. The maximum absolute atomic E-state index is 12.7. The number of aryl methyl sites for hydroxylation is 1. The summed E-state index contributed by atoms with van der Waals surface area (Å²) in [6, 6.07) is 7.51. The van der Waals surface area contributed by atoms with Gasteiger partial charge in [-0.25, -0.2) is 4.98 Å². The van der Waals surface area contributed by atoms with Gasteiger partial charge in [0.05, 0.1) is 24.8 Å². The SMILES string of the molecule is Cc1oc(-c2ccc(Cl)cc2)nc1CN1CCC[C@H](C(=O)NCCCN2CCOCC2)C1. The molecule has 32 heavy (non-hydrogen) atoms. The number of ether oxygens (including phenoxy) is 1.